The van der Waals surface area contributed by atoms with Crippen LogP contribution < -0.4 is 0 Å². The van der Waals surface area contributed by atoms with Gasteiger partial charge in [0.2, 0.25) is 0 Å². The molecule has 0 amide bonds. The fraction of sp³-hybridized carbons (Fsp3) is 0.667. The maximum absolute atomic E-state index is 12.2. The Bertz CT molecular complexity index is 177. The molecule has 0 aromatic heterocycles. The molecule has 0 aliphatic heterocycles. The molecular formula is C6H6F4O. The van der Waals surface area contributed by atoms with Crippen molar-refractivity contribution in [2.75, 3.05) is 0 Å². The highest BCUT2D eigenvalue weighted by atomic mass is 19.3. The average molecular weight is 170 g/mol. The summed E-state index contributed by atoms with van der Waals surface area (Å²) in [6, 6.07) is 0. The maximum Gasteiger partial charge on any atom is 0.346 e. The van der Waals surface area contributed by atoms with Crippen LogP contribution in [0.1, 0.15) is 6.42 Å². The average Bonchev–Trinajstić information content (AvgIpc) is 1.87. The summed E-state index contributed by atoms with van der Waals surface area (Å²) < 4.78 is 52.7. The molecule has 1 nitrogen and oxygen atoms in total. The molecule has 0 N–H and O–H groups in total. The first kappa shape index (κ1) is 8.36. The van der Waals surface area contributed by atoms with Gasteiger partial charge in [-0.1, -0.05) is 6.58 Å². The van der Waals surface area contributed by atoms with Crippen LogP contribution in [-0.2, 0) is 4.74 Å². The van der Waals surface area contributed by atoms with E-state index in [1.165, 1.54) is 0 Å². The van der Waals surface area contributed by atoms with Crippen LogP contribution in [0.2, 0.25) is 0 Å². The predicted molar refractivity (Wildman–Crippen MR) is 29.6 cm³/mol. The molecule has 1 unspecified atom stereocenters. The van der Waals surface area contributed by atoms with Crippen LogP contribution in [0.25, 0.3) is 0 Å². The first-order valence-corrected chi connectivity index (χ1v) is 2.94. The molecule has 0 bridgehead atoms. The Morgan fingerprint density at radius 1 is 1.36 bits per heavy atom. The Morgan fingerprint density at radius 3 is 2.18 bits per heavy atom. The maximum atomic E-state index is 12.2. The molecule has 11 heavy (non-hydrogen) atoms. The monoisotopic (exact) mass is 170 g/mol. The van der Waals surface area contributed by atoms with Crippen molar-refractivity contribution in [1.82, 2.24) is 0 Å². The van der Waals surface area contributed by atoms with Gasteiger partial charge < -0.3 is 4.74 Å². The Labute approximate surface area is 60.6 Å². The highest BCUT2D eigenvalue weighted by Crippen LogP contribution is 2.52. The third-order valence-corrected chi connectivity index (χ3v) is 1.59. The fourth-order valence-corrected chi connectivity index (χ4v) is 0.851. The number of alkyl halides is 4. The normalized spacial score (nSPS) is 32.2. The van der Waals surface area contributed by atoms with Gasteiger partial charge in [0.15, 0.2) is 6.10 Å². The van der Waals surface area contributed by atoms with Crippen molar-refractivity contribution < 1.29 is 22.3 Å². The zero-order chi connectivity index (χ0) is 8.70. The molecule has 1 rings (SSSR count). The van der Waals surface area contributed by atoms with Crippen LogP contribution in [0, 0.1) is 0 Å². The van der Waals surface area contributed by atoms with Gasteiger partial charge in [0.05, 0.1) is 12.7 Å². The van der Waals surface area contributed by atoms with Gasteiger partial charge in [0, 0.05) is 0 Å². The Morgan fingerprint density at radius 2 is 1.91 bits per heavy atom. The first-order valence-electron chi connectivity index (χ1n) is 2.94. The Kier molecular flexibility index (Phi) is 1.61. The van der Waals surface area contributed by atoms with Crippen molar-refractivity contribution in [2.24, 2.45) is 0 Å². The van der Waals surface area contributed by atoms with Crippen LogP contribution in [0.15, 0.2) is 12.8 Å². The standard InChI is InChI=1S/C6H6F4O/c1-2-11-4-3-5(7,8)6(4,9)10/h2,4H,1,3H2. The quantitative estimate of drug-likeness (QED) is 0.456. The lowest BCUT2D eigenvalue weighted by atomic mass is 9.86. The van der Waals surface area contributed by atoms with E-state index in [0.29, 0.717) is 0 Å². The minimum atomic E-state index is -4.04. The summed E-state index contributed by atoms with van der Waals surface area (Å²) >= 11 is 0. The highest BCUT2D eigenvalue weighted by Gasteiger charge is 2.73. The van der Waals surface area contributed by atoms with Crippen molar-refractivity contribution >= 4 is 0 Å². The van der Waals surface area contributed by atoms with E-state index in [1.54, 1.807) is 0 Å². The van der Waals surface area contributed by atoms with Crippen LogP contribution >= 0.6 is 0 Å². The molecule has 1 aliphatic rings. The van der Waals surface area contributed by atoms with Crippen molar-refractivity contribution in [3.63, 3.8) is 0 Å². The third kappa shape index (κ3) is 0.985. The molecule has 0 aromatic carbocycles. The minimum absolute atomic E-state index is 0.744. The number of hydrogen-bond acceptors (Lipinski definition) is 1. The fourth-order valence-electron chi connectivity index (χ4n) is 0.851. The second-order valence-electron chi connectivity index (χ2n) is 2.32. The van der Waals surface area contributed by atoms with Crippen LogP contribution in [0.5, 0.6) is 0 Å². The van der Waals surface area contributed by atoms with Crippen LogP contribution in [-0.4, -0.2) is 17.9 Å². The molecule has 0 aromatic rings. The second-order valence-corrected chi connectivity index (χ2v) is 2.32. The summed E-state index contributed by atoms with van der Waals surface area (Å²) in [6.45, 7) is 3.00. The molecule has 0 saturated heterocycles. The number of hydrogen-bond donors (Lipinski definition) is 0. The second kappa shape index (κ2) is 2.12. The molecule has 1 fully saturated rings. The number of halogens is 4. The lowest BCUT2D eigenvalue weighted by Gasteiger charge is -2.42. The highest BCUT2D eigenvalue weighted by molar-refractivity contribution is 5.05. The topological polar surface area (TPSA) is 9.23 Å². The molecule has 1 aliphatic carbocycles. The number of ether oxygens (including phenoxy) is 1. The zero-order valence-electron chi connectivity index (χ0n) is 5.49. The summed E-state index contributed by atoms with van der Waals surface area (Å²) in [7, 11) is 0. The van der Waals surface area contributed by atoms with Gasteiger partial charge in [-0.2, -0.15) is 17.6 Å². The molecule has 1 saturated carbocycles. The zero-order valence-corrected chi connectivity index (χ0v) is 5.49. The molecular weight excluding hydrogens is 164 g/mol. The molecule has 5 heteroatoms. The van der Waals surface area contributed by atoms with Crippen molar-refractivity contribution in [2.45, 2.75) is 24.4 Å². The molecule has 0 radical (unpaired) electrons. The predicted octanol–water partition coefficient (Wildman–Crippen LogP) is 2.19. The summed E-state index contributed by atoms with van der Waals surface area (Å²) in [5.41, 5.74) is 0. The summed E-state index contributed by atoms with van der Waals surface area (Å²) in [5.74, 6) is -7.96. The molecule has 0 spiro atoms. The Hall–Kier alpha value is -0.740. The molecule has 1 atom stereocenters. The number of rotatable bonds is 2. The van der Waals surface area contributed by atoms with Crippen molar-refractivity contribution in [3.8, 4) is 0 Å². The largest absolute Gasteiger partial charge is 0.492 e. The van der Waals surface area contributed by atoms with E-state index in [-0.39, 0.29) is 0 Å². The lowest BCUT2D eigenvalue weighted by Crippen LogP contribution is -2.62. The van der Waals surface area contributed by atoms with Gasteiger partial charge >= 0.3 is 11.8 Å². The van der Waals surface area contributed by atoms with E-state index in [4.69, 9.17) is 0 Å². The van der Waals surface area contributed by atoms with Crippen molar-refractivity contribution in [3.05, 3.63) is 12.8 Å². The van der Waals surface area contributed by atoms with Gasteiger partial charge in [-0.3, -0.25) is 0 Å². The minimum Gasteiger partial charge on any atom is -0.492 e. The van der Waals surface area contributed by atoms with E-state index in [2.05, 4.69) is 11.3 Å². The smallest absolute Gasteiger partial charge is 0.346 e. The Balaban J connectivity index is 2.61. The third-order valence-electron chi connectivity index (χ3n) is 1.59. The van der Waals surface area contributed by atoms with Gasteiger partial charge in [0.25, 0.3) is 0 Å². The SMILES string of the molecule is C=COC1CC(F)(F)C1(F)F. The first-order chi connectivity index (χ1) is 4.92. The molecule has 0 heterocycles. The van der Waals surface area contributed by atoms with Crippen molar-refractivity contribution in [1.29, 1.82) is 0 Å². The summed E-state index contributed by atoms with van der Waals surface area (Å²) in [6.07, 6.45) is -1.91. The van der Waals surface area contributed by atoms with E-state index in [1.807, 2.05) is 0 Å². The lowest BCUT2D eigenvalue weighted by molar-refractivity contribution is -0.331. The van der Waals surface area contributed by atoms with E-state index in [0.717, 1.165) is 6.26 Å². The van der Waals surface area contributed by atoms with E-state index >= 15 is 0 Å². The van der Waals surface area contributed by atoms with E-state index < -0.39 is 24.4 Å². The van der Waals surface area contributed by atoms with Gasteiger partial charge in [-0.15, -0.1) is 0 Å². The van der Waals surface area contributed by atoms with Crippen LogP contribution in [0.3, 0.4) is 0 Å². The van der Waals surface area contributed by atoms with E-state index in [9.17, 15) is 17.6 Å². The van der Waals surface area contributed by atoms with Gasteiger partial charge in [-0.25, -0.2) is 0 Å². The van der Waals surface area contributed by atoms with Crippen LogP contribution in [0.4, 0.5) is 17.6 Å². The summed E-state index contributed by atoms with van der Waals surface area (Å²) in [5, 5.41) is 0. The van der Waals surface area contributed by atoms with Gasteiger partial charge in [0.1, 0.15) is 0 Å². The molecule has 64 valence electrons. The van der Waals surface area contributed by atoms with Gasteiger partial charge in [-0.05, 0) is 0 Å². The summed E-state index contributed by atoms with van der Waals surface area (Å²) in [4.78, 5) is 0.